The van der Waals surface area contributed by atoms with Gasteiger partial charge in [-0.05, 0) is 63.4 Å². The molecule has 0 atom stereocenters. The summed E-state index contributed by atoms with van der Waals surface area (Å²) in [5, 5.41) is 7.12. The highest BCUT2D eigenvalue weighted by Gasteiger charge is 2.08. The number of aromatic nitrogens is 2. The molecule has 7 aromatic rings. The Kier molecular flexibility index (Phi) is 4.18. The number of pyridine rings is 2. The minimum absolute atomic E-state index is 1.05. The first-order valence-electron chi connectivity index (χ1n) is 11.5. The van der Waals surface area contributed by atoms with Crippen LogP contribution < -0.4 is 0 Å². The molecule has 2 nitrogen and oxygen atoms in total. The van der Waals surface area contributed by atoms with Crippen LogP contribution in [0.25, 0.3) is 65.6 Å². The van der Waals surface area contributed by atoms with Crippen LogP contribution in [0.15, 0.2) is 122 Å². The molecule has 7 rings (SSSR count). The van der Waals surface area contributed by atoms with Crippen molar-refractivity contribution in [1.82, 2.24) is 9.97 Å². The molecule has 0 amide bonds. The standard InChI is InChI=1S/C32H20N2/c1-4-25(27-14-10-21-8-12-23-6-2-16-33-31(23)29(21)19-27)18-26(5-1)28-15-11-22-9-13-24-7-3-17-34-32(24)30(22)20-28/h1-20H. The molecule has 0 aliphatic rings. The summed E-state index contributed by atoms with van der Waals surface area (Å²) < 4.78 is 0. The largest absolute Gasteiger partial charge is 0.256 e. The molecule has 2 heteroatoms. The molecule has 0 aliphatic heterocycles. The Morgan fingerprint density at radius 2 is 0.794 bits per heavy atom. The van der Waals surface area contributed by atoms with E-state index in [0.717, 1.165) is 21.8 Å². The quantitative estimate of drug-likeness (QED) is 0.256. The molecule has 158 valence electrons. The molecule has 0 saturated heterocycles. The van der Waals surface area contributed by atoms with E-state index in [-0.39, 0.29) is 0 Å². The molecule has 0 radical (unpaired) electrons. The van der Waals surface area contributed by atoms with Crippen LogP contribution in [0.5, 0.6) is 0 Å². The number of nitrogens with zero attached hydrogens (tertiary/aromatic N) is 2. The number of fused-ring (bicyclic) bond motifs is 6. The second-order valence-corrected chi connectivity index (χ2v) is 8.73. The summed E-state index contributed by atoms with van der Waals surface area (Å²) in [6, 6.07) is 39.0. The Morgan fingerprint density at radius 3 is 1.32 bits per heavy atom. The van der Waals surface area contributed by atoms with Crippen molar-refractivity contribution in [2.24, 2.45) is 0 Å². The highest BCUT2D eigenvalue weighted by atomic mass is 14.6. The van der Waals surface area contributed by atoms with E-state index in [2.05, 4.69) is 107 Å². The summed E-state index contributed by atoms with van der Waals surface area (Å²) in [7, 11) is 0. The van der Waals surface area contributed by atoms with Crippen molar-refractivity contribution in [3.63, 3.8) is 0 Å². The molecule has 0 saturated carbocycles. The first kappa shape index (κ1) is 19.0. The minimum atomic E-state index is 1.05. The van der Waals surface area contributed by atoms with Gasteiger partial charge >= 0.3 is 0 Å². The molecule has 2 heterocycles. The lowest BCUT2D eigenvalue weighted by Crippen LogP contribution is -1.86. The summed E-state index contributed by atoms with van der Waals surface area (Å²) in [6.45, 7) is 0. The van der Waals surface area contributed by atoms with Gasteiger partial charge in [-0.1, -0.05) is 78.9 Å². The number of hydrogen-bond acceptors (Lipinski definition) is 2. The van der Waals surface area contributed by atoms with Crippen molar-refractivity contribution in [2.75, 3.05) is 0 Å². The Morgan fingerprint density at radius 1 is 0.353 bits per heavy atom. The maximum absolute atomic E-state index is 4.66. The third kappa shape index (κ3) is 3.04. The van der Waals surface area contributed by atoms with Gasteiger partial charge in [-0.15, -0.1) is 0 Å². The molecule has 0 fully saturated rings. The normalized spacial score (nSPS) is 11.5. The first-order valence-corrected chi connectivity index (χ1v) is 11.5. The maximum Gasteiger partial charge on any atom is 0.0780 e. The van der Waals surface area contributed by atoms with Gasteiger partial charge < -0.3 is 0 Å². The van der Waals surface area contributed by atoms with E-state index in [1.54, 1.807) is 0 Å². The van der Waals surface area contributed by atoms with Crippen molar-refractivity contribution in [1.29, 1.82) is 0 Å². The molecular formula is C32H20N2. The Hall–Kier alpha value is -4.56. The molecule has 0 N–H and O–H groups in total. The van der Waals surface area contributed by atoms with Crippen molar-refractivity contribution < 1.29 is 0 Å². The monoisotopic (exact) mass is 432 g/mol. The lowest BCUT2D eigenvalue weighted by atomic mass is 9.95. The molecular weight excluding hydrogens is 412 g/mol. The van der Waals surface area contributed by atoms with Crippen molar-refractivity contribution in [2.45, 2.75) is 0 Å². The van der Waals surface area contributed by atoms with Crippen LogP contribution in [0.1, 0.15) is 0 Å². The van der Waals surface area contributed by atoms with E-state index >= 15 is 0 Å². The van der Waals surface area contributed by atoms with Crippen molar-refractivity contribution >= 4 is 43.4 Å². The van der Waals surface area contributed by atoms with Gasteiger partial charge in [0.15, 0.2) is 0 Å². The summed E-state index contributed by atoms with van der Waals surface area (Å²) in [6.07, 6.45) is 3.74. The minimum Gasteiger partial charge on any atom is -0.256 e. The summed E-state index contributed by atoms with van der Waals surface area (Å²) in [5.74, 6) is 0. The molecule has 0 spiro atoms. The molecule has 0 aliphatic carbocycles. The van der Waals surface area contributed by atoms with E-state index in [0.29, 0.717) is 0 Å². The van der Waals surface area contributed by atoms with Crippen molar-refractivity contribution in [3.05, 3.63) is 122 Å². The third-order valence-electron chi connectivity index (χ3n) is 6.71. The number of rotatable bonds is 2. The smallest absolute Gasteiger partial charge is 0.0780 e. The van der Waals surface area contributed by atoms with Crippen LogP contribution in [-0.4, -0.2) is 9.97 Å². The van der Waals surface area contributed by atoms with Crippen LogP contribution in [0, 0.1) is 0 Å². The Labute approximate surface area is 197 Å². The summed E-state index contributed by atoms with van der Waals surface area (Å²) >= 11 is 0. The SMILES string of the molecule is c1cc(-c2ccc3ccc4cccnc4c3c2)cc(-c2ccc3ccc4cccnc4c3c2)c1. The van der Waals surface area contributed by atoms with Gasteiger partial charge in [0.1, 0.15) is 0 Å². The van der Waals surface area contributed by atoms with Crippen LogP contribution in [-0.2, 0) is 0 Å². The predicted molar refractivity (Wildman–Crippen MR) is 143 cm³/mol. The topological polar surface area (TPSA) is 25.8 Å². The van der Waals surface area contributed by atoms with E-state index in [9.17, 15) is 0 Å². The molecule has 0 bridgehead atoms. The fourth-order valence-corrected chi connectivity index (χ4v) is 4.96. The molecule has 34 heavy (non-hydrogen) atoms. The fraction of sp³-hybridized carbons (Fsp3) is 0. The highest BCUT2D eigenvalue weighted by Crippen LogP contribution is 2.33. The zero-order valence-electron chi connectivity index (χ0n) is 18.4. The van der Waals surface area contributed by atoms with E-state index in [4.69, 9.17) is 0 Å². The van der Waals surface area contributed by atoms with Gasteiger partial charge in [-0.3, -0.25) is 9.97 Å². The zero-order chi connectivity index (χ0) is 22.5. The van der Waals surface area contributed by atoms with Gasteiger partial charge in [0.2, 0.25) is 0 Å². The van der Waals surface area contributed by atoms with E-state index < -0.39 is 0 Å². The fourth-order valence-electron chi connectivity index (χ4n) is 4.96. The van der Waals surface area contributed by atoms with Crippen molar-refractivity contribution in [3.8, 4) is 22.3 Å². The van der Waals surface area contributed by atoms with Gasteiger partial charge in [-0.25, -0.2) is 0 Å². The van der Waals surface area contributed by atoms with Crippen LogP contribution in [0.2, 0.25) is 0 Å². The number of hydrogen-bond donors (Lipinski definition) is 0. The summed E-state index contributed by atoms with van der Waals surface area (Å²) in [4.78, 5) is 9.31. The van der Waals surface area contributed by atoms with E-state index in [1.807, 2.05) is 24.5 Å². The molecule has 5 aromatic carbocycles. The Bertz CT molecular complexity index is 1730. The molecule has 2 aromatic heterocycles. The second-order valence-electron chi connectivity index (χ2n) is 8.73. The highest BCUT2D eigenvalue weighted by molar-refractivity contribution is 6.07. The molecule has 0 unspecified atom stereocenters. The van der Waals surface area contributed by atoms with Crippen LogP contribution in [0.3, 0.4) is 0 Å². The van der Waals surface area contributed by atoms with Crippen LogP contribution >= 0.6 is 0 Å². The average Bonchev–Trinajstić information content (AvgIpc) is 2.92. The van der Waals surface area contributed by atoms with Crippen LogP contribution in [0.4, 0.5) is 0 Å². The summed E-state index contributed by atoms with van der Waals surface area (Å²) in [5.41, 5.74) is 6.88. The van der Waals surface area contributed by atoms with Gasteiger partial charge in [0.25, 0.3) is 0 Å². The van der Waals surface area contributed by atoms with E-state index in [1.165, 1.54) is 43.8 Å². The lowest BCUT2D eigenvalue weighted by molar-refractivity contribution is 1.43. The number of benzene rings is 5. The lowest BCUT2D eigenvalue weighted by Gasteiger charge is -2.10. The van der Waals surface area contributed by atoms with Gasteiger partial charge in [0, 0.05) is 33.9 Å². The average molecular weight is 433 g/mol. The third-order valence-corrected chi connectivity index (χ3v) is 6.71. The second kappa shape index (κ2) is 7.50. The van der Waals surface area contributed by atoms with Gasteiger partial charge in [0.05, 0.1) is 11.0 Å². The van der Waals surface area contributed by atoms with Gasteiger partial charge in [-0.2, -0.15) is 0 Å². The zero-order valence-corrected chi connectivity index (χ0v) is 18.4. The Balaban J connectivity index is 1.38. The first-order chi connectivity index (χ1) is 16.8. The predicted octanol–water partition coefficient (Wildman–Crippen LogP) is 8.42. The maximum atomic E-state index is 4.66.